The topological polar surface area (TPSA) is 89.8 Å². The molecule has 0 radical (unpaired) electrons. The molecule has 0 aliphatic rings. The molecule has 2 heterocycles. The van der Waals surface area contributed by atoms with Crippen molar-refractivity contribution < 1.29 is 0 Å². The molecule has 2 rings (SSSR count). The molecule has 0 aliphatic carbocycles. The van der Waals surface area contributed by atoms with E-state index in [1.165, 1.54) is 0 Å². The van der Waals surface area contributed by atoms with Crippen molar-refractivity contribution in [2.45, 2.75) is 6.92 Å². The zero-order chi connectivity index (χ0) is 9.42. The monoisotopic (exact) mass is 195 g/mol. The number of fused-ring (bicyclic) bond motifs is 1. The molecule has 0 saturated carbocycles. The maximum Gasteiger partial charge on any atom is 0.240 e. The first-order valence-electron chi connectivity index (χ1n) is 3.71. The number of nitrogens with two attached hydrogens (primary N) is 2. The van der Waals surface area contributed by atoms with Gasteiger partial charge in [-0.05, 0) is 13.0 Å². The number of thiophene rings is 1. The fraction of sp³-hybridized carbons (Fsp3) is 0.143. The molecule has 2 aromatic heterocycles. The first-order chi connectivity index (χ1) is 6.20. The lowest BCUT2D eigenvalue weighted by Crippen LogP contribution is -2.11. The van der Waals surface area contributed by atoms with Crippen molar-refractivity contribution in [3.63, 3.8) is 0 Å². The van der Waals surface area contributed by atoms with Crippen molar-refractivity contribution in [3.8, 4) is 0 Å². The number of rotatable bonds is 1. The van der Waals surface area contributed by atoms with E-state index in [0.29, 0.717) is 11.8 Å². The van der Waals surface area contributed by atoms with E-state index in [-0.39, 0.29) is 0 Å². The summed E-state index contributed by atoms with van der Waals surface area (Å²) in [6, 6.07) is 1.97. The summed E-state index contributed by atoms with van der Waals surface area (Å²) in [4.78, 5) is 10.2. The zero-order valence-corrected chi connectivity index (χ0v) is 7.85. The number of nitrogen functional groups attached to an aromatic ring is 2. The number of nitrogens with zero attached hydrogens (tertiary/aromatic N) is 2. The van der Waals surface area contributed by atoms with Crippen molar-refractivity contribution in [2.24, 2.45) is 5.84 Å². The van der Waals surface area contributed by atoms with Gasteiger partial charge in [-0.1, -0.05) is 0 Å². The second-order valence-corrected chi connectivity index (χ2v) is 3.89. The van der Waals surface area contributed by atoms with Crippen LogP contribution in [0.4, 0.5) is 11.8 Å². The van der Waals surface area contributed by atoms with Crippen LogP contribution >= 0.6 is 11.3 Å². The van der Waals surface area contributed by atoms with Gasteiger partial charge in [0, 0.05) is 4.88 Å². The van der Waals surface area contributed by atoms with E-state index in [9.17, 15) is 0 Å². The van der Waals surface area contributed by atoms with Gasteiger partial charge in [0.25, 0.3) is 0 Å². The Labute approximate surface area is 78.8 Å². The third-order valence-electron chi connectivity index (χ3n) is 1.67. The fourth-order valence-corrected chi connectivity index (χ4v) is 2.02. The highest BCUT2D eigenvalue weighted by atomic mass is 32.1. The molecular formula is C7H9N5S. The first-order valence-corrected chi connectivity index (χ1v) is 4.52. The Hall–Kier alpha value is -1.40. The number of hydrogen-bond acceptors (Lipinski definition) is 6. The summed E-state index contributed by atoms with van der Waals surface area (Å²) in [5.41, 5.74) is 8.08. The summed E-state index contributed by atoms with van der Waals surface area (Å²) in [5.74, 6) is 6.00. The number of anilines is 2. The molecule has 5 nitrogen and oxygen atoms in total. The van der Waals surface area contributed by atoms with Gasteiger partial charge >= 0.3 is 0 Å². The van der Waals surface area contributed by atoms with E-state index in [0.717, 1.165) is 15.1 Å². The fourth-order valence-electron chi connectivity index (χ4n) is 1.13. The van der Waals surface area contributed by atoms with Gasteiger partial charge in [-0.2, -0.15) is 4.98 Å². The third kappa shape index (κ3) is 1.30. The molecule has 5 N–H and O–H groups in total. The molecular weight excluding hydrogens is 186 g/mol. The van der Waals surface area contributed by atoms with Gasteiger partial charge in [0.1, 0.15) is 10.6 Å². The Morgan fingerprint density at radius 2 is 2.23 bits per heavy atom. The Kier molecular flexibility index (Phi) is 1.78. The van der Waals surface area contributed by atoms with Crippen molar-refractivity contribution >= 4 is 33.3 Å². The van der Waals surface area contributed by atoms with Crippen molar-refractivity contribution in [3.05, 3.63) is 10.9 Å². The molecule has 0 aromatic carbocycles. The van der Waals surface area contributed by atoms with Crippen LogP contribution in [-0.4, -0.2) is 9.97 Å². The molecule has 2 aromatic rings. The Morgan fingerprint density at radius 1 is 1.46 bits per heavy atom. The van der Waals surface area contributed by atoms with E-state index >= 15 is 0 Å². The van der Waals surface area contributed by atoms with Crippen LogP contribution in [0.25, 0.3) is 10.2 Å². The van der Waals surface area contributed by atoms with E-state index in [1.54, 1.807) is 11.3 Å². The van der Waals surface area contributed by atoms with Crippen LogP contribution in [0.15, 0.2) is 6.07 Å². The van der Waals surface area contributed by atoms with E-state index in [1.807, 2.05) is 13.0 Å². The lowest BCUT2D eigenvalue weighted by atomic mass is 10.3. The van der Waals surface area contributed by atoms with Crippen LogP contribution in [0.1, 0.15) is 4.88 Å². The minimum atomic E-state index is 0.354. The summed E-state index contributed by atoms with van der Waals surface area (Å²) in [6.07, 6.45) is 0. The average Bonchev–Trinajstić information content (AvgIpc) is 2.46. The maximum absolute atomic E-state index is 5.71. The summed E-state index contributed by atoms with van der Waals surface area (Å²) in [7, 11) is 0. The van der Waals surface area contributed by atoms with Crippen LogP contribution in [0.5, 0.6) is 0 Å². The molecule has 0 fully saturated rings. The van der Waals surface area contributed by atoms with Gasteiger partial charge in [-0.3, -0.25) is 5.43 Å². The van der Waals surface area contributed by atoms with Crippen molar-refractivity contribution in [1.29, 1.82) is 0 Å². The van der Waals surface area contributed by atoms with Crippen LogP contribution in [0.2, 0.25) is 0 Å². The summed E-state index contributed by atoms with van der Waals surface area (Å²) < 4.78 is 0. The SMILES string of the molecule is Cc1cc2c(N)nc(NN)nc2s1. The van der Waals surface area contributed by atoms with Crippen LogP contribution < -0.4 is 17.0 Å². The summed E-state index contributed by atoms with van der Waals surface area (Å²) in [6.45, 7) is 2.00. The van der Waals surface area contributed by atoms with Gasteiger partial charge in [0.05, 0.1) is 5.39 Å². The van der Waals surface area contributed by atoms with Gasteiger partial charge in [-0.15, -0.1) is 11.3 Å². The Balaban J connectivity index is 2.75. The number of aryl methyl sites for hydroxylation is 1. The number of hydrogen-bond donors (Lipinski definition) is 3. The molecule has 0 aliphatic heterocycles. The quantitative estimate of drug-likeness (QED) is 0.464. The summed E-state index contributed by atoms with van der Waals surface area (Å²) >= 11 is 1.57. The lowest BCUT2D eigenvalue weighted by molar-refractivity contribution is 1.16. The highest BCUT2D eigenvalue weighted by molar-refractivity contribution is 7.18. The minimum Gasteiger partial charge on any atom is -0.383 e. The zero-order valence-electron chi connectivity index (χ0n) is 7.03. The number of hydrazine groups is 1. The highest BCUT2D eigenvalue weighted by Crippen LogP contribution is 2.27. The molecule has 13 heavy (non-hydrogen) atoms. The minimum absolute atomic E-state index is 0.354. The van der Waals surface area contributed by atoms with Gasteiger partial charge < -0.3 is 5.73 Å². The standard InChI is InChI=1S/C7H9N5S/c1-3-2-4-5(8)10-7(12-9)11-6(4)13-3/h2H,9H2,1H3,(H3,8,10,11,12). The molecule has 0 unspecified atom stereocenters. The molecule has 0 spiro atoms. The largest absolute Gasteiger partial charge is 0.383 e. The second kappa shape index (κ2) is 2.82. The molecule has 6 heteroatoms. The second-order valence-electron chi connectivity index (χ2n) is 2.65. The Morgan fingerprint density at radius 3 is 2.92 bits per heavy atom. The predicted octanol–water partition coefficient (Wildman–Crippen LogP) is 0.868. The molecule has 0 bridgehead atoms. The smallest absolute Gasteiger partial charge is 0.240 e. The molecule has 68 valence electrons. The first kappa shape index (κ1) is 8.21. The van der Waals surface area contributed by atoms with E-state index in [2.05, 4.69) is 15.4 Å². The van der Waals surface area contributed by atoms with Gasteiger partial charge in [0.2, 0.25) is 5.95 Å². The van der Waals surface area contributed by atoms with E-state index in [4.69, 9.17) is 11.6 Å². The summed E-state index contributed by atoms with van der Waals surface area (Å²) in [5, 5.41) is 0.890. The van der Waals surface area contributed by atoms with Gasteiger partial charge in [-0.25, -0.2) is 10.8 Å². The number of aromatic nitrogens is 2. The van der Waals surface area contributed by atoms with Crippen LogP contribution in [0, 0.1) is 6.92 Å². The van der Waals surface area contributed by atoms with Crippen molar-refractivity contribution in [1.82, 2.24) is 9.97 Å². The number of nitrogens with one attached hydrogen (secondary N) is 1. The highest BCUT2D eigenvalue weighted by Gasteiger charge is 2.06. The molecule has 0 atom stereocenters. The third-order valence-corrected chi connectivity index (χ3v) is 2.62. The van der Waals surface area contributed by atoms with E-state index < -0.39 is 0 Å². The molecule has 0 amide bonds. The maximum atomic E-state index is 5.71. The average molecular weight is 195 g/mol. The normalized spacial score (nSPS) is 10.6. The van der Waals surface area contributed by atoms with Crippen molar-refractivity contribution in [2.75, 3.05) is 11.2 Å². The Bertz CT molecular complexity index is 449. The lowest BCUT2D eigenvalue weighted by Gasteiger charge is -1.99. The predicted molar refractivity (Wildman–Crippen MR) is 54.4 cm³/mol. The van der Waals surface area contributed by atoms with Gasteiger partial charge in [0.15, 0.2) is 0 Å². The van der Waals surface area contributed by atoms with Crippen LogP contribution in [0.3, 0.4) is 0 Å². The molecule has 0 saturated heterocycles. The van der Waals surface area contributed by atoms with Crippen LogP contribution in [-0.2, 0) is 0 Å².